The van der Waals surface area contributed by atoms with E-state index in [0.717, 1.165) is 199 Å². The van der Waals surface area contributed by atoms with E-state index < -0.39 is 105 Å². The van der Waals surface area contributed by atoms with Crippen molar-refractivity contribution in [2.45, 2.75) is 327 Å². The Balaban J connectivity index is 0.000000172. The maximum absolute atomic E-state index is 13.7. The minimum atomic E-state index is -1.39. The molecule has 0 spiro atoms. The Bertz CT molecular complexity index is 4770. The number of likely N-dealkylation sites (tertiary alicyclic amines) is 5. The number of piperidine rings is 5. The summed E-state index contributed by atoms with van der Waals surface area (Å²) in [5.41, 5.74) is 36.8. The third-order valence-electron chi connectivity index (χ3n) is 33.4. The van der Waals surface area contributed by atoms with Crippen molar-refractivity contribution in [1.82, 2.24) is 24.5 Å². The van der Waals surface area contributed by atoms with E-state index >= 15 is 0 Å². The molecule has 5 fully saturated rings. The van der Waals surface area contributed by atoms with Crippen LogP contribution in [0.15, 0.2) is 78.9 Å². The summed E-state index contributed by atoms with van der Waals surface area (Å²) in [6.07, 6.45) is 27.1. The number of hydrogen-bond donors (Lipinski definition) is 20. The monoisotopic (exact) mass is 2070 g/mol. The van der Waals surface area contributed by atoms with Crippen LogP contribution in [0, 0.1) is 52.9 Å². The molecule has 0 aromatic heterocycles. The summed E-state index contributed by atoms with van der Waals surface area (Å²) >= 11 is 18.3. The summed E-state index contributed by atoms with van der Waals surface area (Å²) < 4.78 is 54.5. The number of carboxylic acid groups (broad SMARTS) is 5. The molecule has 25 N–H and O–H groups in total. The lowest BCUT2D eigenvalue weighted by Gasteiger charge is -2.44. The van der Waals surface area contributed by atoms with Crippen molar-refractivity contribution in [1.29, 1.82) is 0 Å². The highest BCUT2D eigenvalue weighted by molar-refractivity contribution is 6.42. The number of carbonyl (C=O) groups is 5. The van der Waals surface area contributed by atoms with Crippen molar-refractivity contribution in [3.63, 3.8) is 0 Å². The third kappa shape index (κ3) is 31.0. The fourth-order valence-corrected chi connectivity index (χ4v) is 25.5. The summed E-state index contributed by atoms with van der Waals surface area (Å²) in [6.45, 7) is 7.76. The van der Waals surface area contributed by atoms with Crippen LogP contribution in [0.4, 0.5) is 17.6 Å². The highest BCUT2D eigenvalue weighted by Crippen LogP contribution is 2.48. The van der Waals surface area contributed by atoms with Crippen LogP contribution in [0.2, 0.25) is 46.7 Å². The number of aryl methyl sites for hydroxylation is 5. The van der Waals surface area contributed by atoms with Gasteiger partial charge in [0.25, 0.3) is 0 Å². The molecular weight excluding hydrogens is 1920 g/mol. The van der Waals surface area contributed by atoms with Gasteiger partial charge in [0, 0.05) is 40.3 Å². The number of hydrogen-bond acceptors (Lipinski definition) is 25. The van der Waals surface area contributed by atoms with Crippen molar-refractivity contribution < 1.29 is 117 Å². The molecule has 10 aliphatic rings. The minimum absolute atomic E-state index is 0.0316. The van der Waals surface area contributed by atoms with E-state index in [4.69, 9.17) is 114 Å². The molecular formula is C102H152B5Cl3F4N10O20. The van der Waals surface area contributed by atoms with Gasteiger partial charge < -0.3 is 104 Å². The SMILES string of the molecule is NC(CCCCB(O)O)(C(=O)O)C1CCN(C2CCCc3cc(Cl)ccc32)CC1.NC(CCCCB(O)O)(C(=O)O)C1CCN(C2CCCc3cc(F)ccc32)CC1.NC(CCCCB(O)O)(C(=O)O)C1CCN(C2CCc3cc(Cl)ccc32)CC1.NC(CCCCB(O)O)(C(=O)O)C1CCN(C2CCc3cc(F)c(Cl)cc32)CC1.NC(CCCCB(O)O)(C(=O)O)C1CCN(C2CCc3cc(F)c(F)cc32)CC1. The Hall–Kier alpha value is -6.44. The van der Waals surface area contributed by atoms with Gasteiger partial charge in [-0.25, -0.2) is 17.6 Å². The number of unbranched alkanes of at least 4 members (excludes halogenated alkanes) is 5. The molecule has 5 aromatic rings. The zero-order valence-electron chi connectivity index (χ0n) is 83.0. The van der Waals surface area contributed by atoms with Crippen molar-refractivity contribution in [3.8, 4) is 0 Å². The largest absolute Gasteiger partial charge is 0.480 e. The van der Waals surface area contributed by atoms with Gasteiger partial charge in [0.2, 0.25) is 0 Å². The minimum Gasteiger partial charge on any atom is -0.480 e. The first-order valence-electron chi connectivity index (χ1n) is 52.3. The number of benzene rings is 5. The fraction of sp³-hybridized carbons (Fsp3) is 0.657. The number of fused-ring (bicyclic) bond motifs is 5. The van der Waals surface area contributed by atoms with Gasteiger partial charge in [-0.05, 0) is 416 Å². The summed E-state index contributed by atoms with van der Waals surface area (Å²) in [6, 6.07) is 24.5. The van der Waals surface area contributed by atoms with Gasteiger partial charge in [-0.3, -0.25) is 48.5 Å². The van der Waals surface area contributed by atoms with Crippen LogP contribution in [0.3, 0.4) is 0 Å². The lowest BCUT2D eigenvalue weighted by atomic mass is 9.73. The second-order valence-electron chi connectivity index (χ2n) is 42.3. The first-order valence-corrected chi connectivity index (χ1v) is 53.4. The second kappa shape index (κ2) is 54.5. The van der Waals surface area contributed by atoms with E-state index in [-0.39, 0.29) is 102 Å². The molecule has 10 unspecified atom stereocenters. The standard InChI is InChI=1S/C21H32BClN2O4.C21H32BFN2O4.C20H29BClFN2O4.C20H30BClN2O4.C20H29BF2N2O4/c2*23-17-6-7-18-15(14-17)4-3-5-19(18)25-12-8-16(9-13-25)21(24,20(26)27)10-1-2-11-22(28)29;22-16-12-15-13(11-17(16)23)3-4-18(15)25-9-5-14(6-10-25)20(24,19(26)27)7-1-2-8-21(28)29;22-16-4-5-17-14(13-16)3-6-18(17)24-11-7-15(8-12-24)20(23,19(25)26)9-1-2-10-21(27)28;22-16-11-13-3-4-18(15(13)12-17(16)23)25-9-5-14(6-10-25)20(24,19(26)27)7-1-2-8-21(28)29/h2*6-7,14,16,19,28-29H,1-5,8-13,24H2,(H,26,27);11-12,14,18,28-29H,1-10,24H2,(H,26,27);4-5,13,15,18,27-28H,1-3,6-12,23H2,(H,25,26);11-12,14,18,28-29H,1-10,24H2,(H,26,27). The molecule has 794 valence electrons. The molecule has 5 saturated heterocycles. The molecule has 0 radical (unpaired) electrons. The van der Waals surface area contributed by atoms with Crippen molar-refractivity contribution in [3.05, 3.63) is 173 Å². The van der Waals surface area contributed by atoms with E-state index in [1.807, 2.05) is 18.2 Å². The Labute approximate surface area is 860 Å². The second-order valence-corrected chi connectivity index (χ2v) is 43.6. The van der Waals surface area contributed by atoms with Crippen LogP contribution in [-0.4, -0.2) is 259 Å². The maximum Gasteiger partial charge on any atom is 0.451 e. The molecule has 5 aliphatic carbocycles. The Morgan fingerprint density at radius 3 is 0.792 bits per heavy atom. The predicted octanol–water partition coefficient (Wildman–Crippen LogP) is 12.4. The summed E-state index contributed by atoms with van der Waals surface area (Å²) in [5, 5.41) is 140. The number of nitrogens with zero attached hydrogens (tertiary/aromatic N) is 5. The smallest absolute Gasteiger partial charge is 0.451 e. The predicted molar refractivity (Wildman–Crippen MR) is 550 cm³/mol. The first kappa shape index (κ1) is 118. The molecule has 30 nitrogen and oxygen atoms in total. The molecule has 15 rings (SSSR count). The lowest BCUT2D eigenvalue weighted by Crippen LogP contribution is -2.57. The third-order valence-corrected chi connectivity index (χ3v) is 34.1. The number of halogens is 7. The van der Waals surface area contributed by atoms with Crippen LogP contribution in [0.5, 0.6) is 0 Å². The van der Waals surface area contributed by atoms with Gasteiger partial charge in [0.15, 0.2) is 11.6 Å². The van der Waals surface area contributed by atoms with Crippen molar-refractivity contribution >= 4 is 100 Å². The van der Waals surface area contributed by atoms with E-state index in [9.17, 15) is 67.1 Å². The number of nitrogens with two attached hydrogens (primary N) is 5. The number of rotatable bonds is 40. The Morgan fingerprint density at radius 1 is 0.285 bits per heavy atom. The van der Waals surface area contributed by atoms with Crippen LogP contribution in [0.1, 0.15) is 291 Å². The molecule has 42 heteroatoms. The normalized spacial score (nSPS) is 22.5. The van der Waals surface area contributed by atoms with Gasteiger partial charge in [0.05, 0.1) is 5.02 Å². The van der Waals surface area contributed by atoms with Gasteiger partial charge in [-0.2, -0.15) is 0 Å². The van der Waals surface area contributed by atoms with E-state index in [1.165, 1.54) is 52.1 Å². The van der Waals surface area contributed by atoms with Crippen molar-refractivity contribution in [2.24, 2.45) is 58.3 Å². The van der Waals surface area contributed by atoms with Crippen LogP contribution in [0.25, 0.3) is 0 Å². The molecule has 5 aliphatic heterocycles. The van der Waals surface area contributed by atoms with Gasteiger partial charge in [-0.15, -0.1) is 0 Å². The molecule has 144 heavy (non-hydrogen) atoms. The average Bonchev–Trinajstić information content (AvgIpc) is 1.50. The van der Waals surface area contributed by atoms with E-state index in [2.05, 4.69) is 48.8 Å². The Morgan fingerprint density at radius 2 is 0.514 bits per heavy atom. The topological polar surface area (TPSA) is 535 Å². The summed E-state index contributed by atoms with van der Waals surface area (Å²) in [5.74, 6) is -7.64. The average molecular weight is 2070 g/mol. The molecule has 0 saturated carbocycles. The zero-order chi connectivity index (χ0) is 105. The molecule has 10 atom stereocenters. The summed E-state index contributed by atoms with van der Waals surface area (Å²) in [4.78, 5) is 71.6. The van der Waals surface area contributed by atoms with Gasteiger partial charge in [-0.1, -0.05) is 117 Å². The zero-order valence-corrected chi connectivity index (χ0v) is 85.2. The highest BCUT2D eigenvalue weighted by Gasteiger charge is 2.51. The highest BCUT2D eigenvalue weighted by atomic mass is 35.5. The van der Waals surface area contributed by atoms with Gasteiger partial charge >= 0.3 is 65.4 Å². The molecule has 0 amide bonds. The fourth-order valence-electron chi connectivity index (χ4n) is 24.9. The molecule has 5 heterocycles. The van der Waals surface area contributed by atoms with Crippen molar-refractivity contribution in [2.75, 3.05) is 65.4 Å². The Kier molecular flexibility index (Phi) is 44.6. The number of carboxylic acids is 5. The maximum atomic E-state index is 13.7. The van der Waals surface area contributed by atoms with E-state index in [0.29, 0.717) is 147 Å². The van der Waals surface area contributed by atoms with Gasteiger partial charge in [0.1, 0.15) is 39.3 Å². The quantitative estimate of drug-likeness (QED) is 0.00984. The first-order chi connectivity index (χ1) is 68.4. The van der Waals surface area contributed by atoms with Crippen LogP contribution >= 0.6 is 34.8 Å². The van der Waals surface area contributed by atoms with Crippen LogP contribution in [-0.2, 0) is 56.1 Å². The lowest BCUT2D eigenvalue weighted by molar-refractivity contribution is -0.148. The molecule has 0 bridgehead atoms. The van der Waals surface area contributed by atoms with E-state index in [1.54, 1.807) is 12.1 Å². The van der Waals surface area contributed by atoms with Crippen LogP contribution < -0.4 is 28.7 Å². The molecule has 5 aromatic carbocycles. The number of aliphatic carboxylic acids is 5. The summed E-state index contributed by atoms with van der Waals surface area (Å²) in [7, 11) is -6.80.